The second-order valence-electron chi connectivity index (χ2n) is 6.62. The molecule has 8 nitrogen and oxygen atoms in total. The molecule has 29 heavy (non-hydrogen) atoms. The monoisotopic (exact) mass is 443 g/mol. The third-order valence-electron chi connectivity index (χ3n) is 4.34. The SMILES string of the molecule is CCC(C)C(N)C(=O)NCCCC(=O)N=C(N)NC(=O)Cc1c(Cl)cccc1Cl. The number of rotatable bonds is 9. The zero-order chi connectivity index (χ0) is 22.0. The van der Waals surface area contributed by atoms with Crippen molar-refractivity contribution in [1.29, 1.82) is 0 Å². The molecular weight excluding hydrogens is 417 g/mol. The maximum atomic E-state index is 12.0. The van der Waals surface area contributed by atoms with E-state index in [9.17, 15) is 14.4 Å². The summed E-state index contributed by atoms with van der Waals surface area (Å²) in [6, 6.07) is 4.32. The molecule has 6 N–H and O–H groups in total. The quantitative estimate of drug-likeness (QED) is 0.261. The second-order valence-corrected chi connectivity index (χ2v) is 7.44. The Morgan fingerprint density at radius 1 is 1.21 bits per heavy atom. The van der Waals surface area contributed by atoms with E-state index in [0.29, 0.717) is 28.6 Å². The van der Waals surface area contributed by atoms with Crippen LogP contribution < -0.4 is 22.1 Å². The van der Waals surface area contributed by atoms with E-state index >= 15 is 0 Å². The number of halogens is 2. The van der Waals surface area contributed by atoms with Crippen LogP contribution in [-0.2, 0) is 20.8 Å². The lowest BCUT2D eigenvalue weighted by molar-refractivity contribution is -0.124. The third kappa shape index (κ3) is 8.81. The Balaban J connectivity index is 2.40. The zero-order valence-electron chi connectivity index (χ0n) is 16.5. The normalized spacial score (nSPS) is 13.5. The molecule has 0 bridgehead atoms. The number of nitrogens with one attached hydrogen (secondary N) is 2. The first-order valence-corrected chi connectivity index (χ1v) is 10.0. The van der Waals surface area contributed by atoms with Crippen molar-refractivity contribution in [1.82, 2.24) is 10.6 Å². The Labute approximate surface area is 180 Å². The summed E-state index contributed by atoms with van der Waals surface area (Å²) in [6.07, 6.45) is 1.13. The van der Waals surface area contributed by atoms with Gasteiger partial charge in [0.05, 0.1) is 12.5 Å². The van der Waals surface area contributed by atoms with Crippen molar-refractivity contribution in [3.8, 4) is 0 Å². The smallest absolute Gasteiger partial charge is 0.248 e. The van der Waals surface area contributed by atoms with Crippen molar-refractivity contribution < 1.29 is 14.4 Å². The van der Waals surface area contributed by atoms with Crippen LogP contribution in [0.3, 0.4) is 0 Å². The molecule has 0 aliphatic rings. The molecule has 0 aliphatic heterocycles. The molecule has 0 aliphatic carbocycles. The lowest BCUT2D eigenvalue weighted by atomic mass is 9.99. The molecule has 0 heterocycles. The minimum Gasteiger partial charge on any atom is -0.369 e. The second kappa shape index (κ2) is 12.4. The zero-order valence-corrected chi connectivity index (χ0v) is 18.0. The molecule has 1 aromatic rings. The maximum Gasteiger partial charge on any atom is 0.248 e. The molecule has 1 aromatic carbocycles. The number of aliphatic imine (C=N–C) groups is 1. The Hall–Kier alpha value is -2.16. The molecule has 0 spiro atoms. The summed E-state index contributed by atoms with van der Waals surface area (Å²) in [5, 5.41) is 5.72. The predicted molar refractivity (Wildman–Crippen MR) is 115 cm³/mol. The van der Waals surface area contributed by atoms with Gasteiger partial charge in [0.2, 0.25) is 23.7 Å². The first-order valence-electron chi connectivity index (χ1n) is 9.28. The summed E-state index contributed by atoms with van der Waals surface area (Å²) in [5.41, 5.74) is 11.9. The minimum atomic E-state index is -0.578. The van der Waals surface area contributed by atoms with Gasteiger partial charge in [-0.3, -0.25) is 19.7 Å². The number of nitrogens with zero attached hydrogens (tertiary/aromatic N) is 1. The summed E-state index contributed by atoms with van der Waals surface area (Å²) < 4.78 is 0. The molecule has 2 atom stereocenters. The number of carbonyl (C=O) groups is 3. The lowest BCUT2D eigenvalue weighted by Gasteiger charge is -2.17. The highest BCUT2D eigenvalue weighted by atomic mass is 35.5. The van der Waals surface area contributed by atoms with E-state index in [1.54, 1.807) is 18.2 Å². The summed E-state index contributed by atoms with van der Waals surface area (Å²) in [6.45, 7) is 4.15. The average Bonchev–Trinajstić information content (AvgIpc) is 2.66. The van der Waals surface area contributed by atoms with E-state index in [1.165, 1.54) is 0 Å². The fourth-order valence-electron chi connectivity index (χ4n) is 2.35. The molecule has 10 heteroatoms. The van der Waals surface area contributed by atoms with Gasteiger partial charge in [0.1, 0.15) is 0 Å². The van der Waals surface area contributed by atoms with Crippen LogP contribution >= 0.6 is 23.2 Å². The van der Waals surface area contributed by atoms with Crippen molar-refractivity contribution in [2.24, 2.45) is 22.4 Å². The van der Waals surface area contributed by atoms with Gasteiger partial charge in [-0.1, -0.05) is 49.5 Å². The fourth-order valence-corrected chi connectivity index (χ4v) is 2.88. The van der Waals surface area contributed by atoms with E-state index < -0.39 is 17.9 Å². The van der Waals surface area contributed by atoms with Crippen LogP contribution in [0.5, 0.6) is 0 Å². The standard InChI is InChI=1S/C19H27Cl2N5O3/c1-3-11(2)17(22)18(29)24-9-5-8-15(27)25-19(23)26-16(28)10-12-13(20)6-4-7-14(12)21/h4,6-7,11,17H,3,5,8-10,22H2,1-2H3,(H,24,29)(H3,23,25,26,27,28). The molecule has 0 radical (unpaired) electrons. The van der Waals surface area contributed by atoms with Crippen LogP contribution in [0.25, 0.3) is 0 Å². The van der Waals surface area contributed by atoms with E-state index in [-0.39, 0.29) is 30.6 Å². The number of guanidine groups is 1. The van der Waals surface area contributed by atoms with E-state index in [2.05, 4.69) is 15.6 Å². The summed E-state index contributed by atoms with van der Waals surface area (Å²) in [5.74, 6) is -1.50. The Morgan fingerprint density at radius 2 is 1.83 bits per heavy atom. The molecule has 2 unspecified atom stereocenters. The molecule has 0 fully saturated rings. The molecule has 0 aromatic heterocycles. The van der Waals surface area contributed by atoms with Crippen molar-refractivity contribution in [3.05, 3.63) is 33.8 Å². The highest BCUT2D eigenvalue weighted by Crippen LogP contribution is 2.24. The molecule has 1 rings (SSSR count). The minimum absolute atomic E-state index is 0.0613. The van der Waals surface area contributed by atoms with Gasteiger partial charge >= 0.3 is 0 Å². The summed E-state index contributed by atoms with van der Waals surface area (Å²) in [4.78, 5) is 39.3. The van der Waals surface area contributed by atoms with Crippen LogP contribution in [-0.4, -0.2) is 36.3 Å². The van der Waals surface area contributed by atoms with Crippen LogP contribution in [0.2, 0.25) is 10.0 Å². The van der Waals surface area contributed by atoms with Gasteiger partial charge in [0, 0.05) is 23.0 Å². The number of hydrogen-bond acceptors (Lipinski definition) is 4. The average molecular weight is 444 g/mol. The van der Waals surface area contributed by atoms with Gasteiger partial charge in [0.15, 0.2) is 0 Å². The Morgan fingerprint density at radius 3 is 2.41 bits per heavy atom. The van der Waals surface area contributed by atoms with Gasteiger partial charge < -0.3 is 16.8 Å². The number of hydrogen-bond donors (Lipinski definition) is 4. The largest absolute Gasteiger partial charge is 0.369 e. The van der Waals surface area contributed by atoms with Crippen LogP contribution in [0.4, 0.5) is 0 Å². The number of benzene rings is 1. The Bertz CT molecular complexity index is 750. The molecular formula is C19H27Cl2N5O3. The van der Waals surface area contributed by atoms with E-state index in [0.717, 1.165) is 6.42 Å². The van der Waals surface area contributed by atoms with E-state index in [1.807, 2.05) is 13.8 Å². The van der Waals surface area contributed by atoms with Crippen molar-refractivity contribution in [2.45, 2.75) is 45.6 Å². The molecule has 0 saturated heterocycles. The van der Waals surface area contributed by atoms with Crippen LogP contribution in [0.15, 0.2) is 23.2 Å². The summed E-state index contributed by atoms with van der Waals surface area (Å²) >= 11 is 12.0. The van der Waals surface area contributed by atoms with Gasteiger partial charge in [-0.2, -0.15) is 4.99 Å². The summed E-state index contributed by atoms with van der Waals surface area (Å²) in [7, 11) is 0. The van der Waals surface area contributed by atoms with E-state index in [4.69, 9.17) is 34.7 Å². The van der Waals surface area contributed by atoms with Crippen molar-refractivity contribution >= 4 is 46.9 Å². The first kappa shape index (κ1) is 24.9. The number of carbonyl (C=O) groups excluding carboxylic acids is 3. The van der Waals surface area contributed by atoms with Gasteiger partial charge in [-0.15, -0.1) is 0 Å². The number of amides is 3. The predicted octanol–water partition coefficient (Wildman–Crippen LogP) is 1.76. The van der Waals surface area contributed by atoms with Crippen molar-refractivity contribution in [2.75, 3.05) is 6.54 Å². The first-order chi connectivity index (χ1) is 13.6. The van der Waals surface area contributed by atoms with Crippen LogP contribution in [0, 0.1) is 5.92 Å². The number of nitrogens with two attached hydrogens (primary N) is 2. The lowest BCUT2D eigenvalue weighted by Crippen LogP contribution is -2.44. The van der Waals surface area contributed by atoms with Crippen molar-refractivity contribution in [3.63, 3.8) is 0 Å². The topological polar surface area (TPSA) is 140 Å². The van der Waals surface area contributed by atoms with Crippen LogP contribution in [0.1, 0.15) is 38.7 Å². The maximum absolute atomic E-state index is 12.0. The molecule has 160 valence electrons. The fraction of sp³-hybridized carbons (Fsp3) is 0.474. The highest BCUT2D eigenvalue weighted by molar-refractivity contribution is 6.36. The molecule has 3 amide bonds. The Kier molecular flexibility index (Phi) is 10.6. The third-order valence-corrected chi connectivity index (χ3v) is 5.05. The molecule has 0 saturated carbocycles. The van der Waals surface area contributed by atoms with Gasteiger partial charge in [0.25, 0.3) is 0 Å². The highest BCUT2D eigenvalue weighted by Gasteiger charge is 2.18. The van der Waals surface area contributed by atoms with Gasteiger partial charge in [-0.25, -0.2) is 0 Å². The van der Waals surface area contributed by atoms with Gasteiger partial charge in [-0.05, 0) is 30.0 Å².